The number of allylic oxidation sites excluding steroid dienone is 3. The summed E-state index contributed by atoms with van der Waals surface area (Å²) in [4.78, 5) is 0. The van der Waals surface area contributed by atoms with E-state index in [0.717, 1.165) is 31.3 Å². The third-order valence-electron chi connectivity index (χ3n) is 7.78. The van der Waals surface area contributed by atoms with Crippen LogP contribution in [0.4, 0.5) is 0 Å². The van der Waals surface area contributed by atoms with Gasteiger partial charge in [-0.1, -0.05) is 44.1 Å². The average Bonchev–Trinajstić information content (AvgIpc) is 2.99. The predicted octanol–water partition coefficient (Wildman–Crippen LogP) is 5.96. The zero-order valence-electron chi connectivity index (χ0n) is 18.9. The van der Waals surface area contributed by atoms with Gasteiger partial charge in [0.05, 0.1) is 6.10 Å². The summed E-state index contributed by atoms with van der Waals surface area (Å²) in [5.74, 6) is 8.17. The van der Waals surface area contributed by atoms with Crippen LogP contribution in [0, 0.1) is 35.0 Å². The molecular formula is C27H40O2. The number of aliphatic hydroxyl groups is 2. The Morgan fingerprint density at radius 3 is 2.69 bits per heavy atom. The topological polar surface area (TPSA) is 40.5 Å². The zero-order chi connectivity index (χ0) is 21.2. The maximum Gasteiger partial charge on any atom is 0.119 e. The van der Waals surface area contributed by atoms with E-state index in [1.165, 1.54) is 37.7 Å². The first kappa shape index (κ1) is 22.4. The summed E-state index contributed by atoms with van der Waals surface area (Å²) in [6, 6.07) is 0. The fraction of sp³-hybridized carbons (Fsp3) is 0.704. The third-order valence-corrected chi connectivity index (χ3v) is 7.78. The van der Waals surface area contributed by atoms with Crippen molar-refractivity contribution in [2.45, 2.75) is 97.2 Å². The van der Waals surface area contributed by atoms with E-state index in [1.807, 2.05) is 0 Å². The van der Waals surface area contributed by atoms with Crippen LogP contribution < -0.4 is 0 Å². The van der Waals surface area contributed by atoms with Gasteiger partial charge in [0, 0.05) is 6.42 Å². The lowest BCUT2D eigenvalue weighted by Crippen LogP contribution is -2.35. The molecule has 3 saturated carbocycles. The molecule has 0 bridgehead atoms. The molecule has 0 aromatic carbocycles. The van der Waals surface area contributed by atoms with Gasteiger partial charge in [-0.15, -0.1) is 5.92 Å². The van der Waals surface area contributed by atoms with E-state index < -0.39 is 5.60 Å². The second kappa shape index (κ2) is 8.83. The Labute approximate surface area is 178 Å². The van der Waals surface area contributed by atoms with Gasteiger partial charge in [-0.25, -0.2) is 0 Å². The van der Waals surface area contributed by atoms with Crippen molar-refractivity contribution in [1.82, 2.24) is 0 Å². The normalized spacial score (nSPS) is 36.6. The van der Waals surface area contributed by atoms with Crippen LogP contribution in [0.2, 0.25) is 0 Å². The summed E-state index contributed by atoms with van der Waals surface area (Å²) in [6.07, 6.45) is 14.5. The molecule has 2 N–H and O–H groups in total. The minimum Gasteiger partial charge on any atom is -0.388 e. The van der Waals surface area contributed by atoms with E-state index in [-0.39, 0.29) is 6.10 Å². The predicted molar refractivity (Wildman–Crippen MR) is 121 cm³/mol. The number of hydrogen-bond acceptors (Lipinski definition) is 2. The SMILES string of the molecule is C=C1/C(=C\C=C2/CCCC3(C)C2CCC3[C@H](C)CC#CC(C)(C)O)CCCC1O. The Bertz CT molecular complexity index is 739. The molecule has 4 unspecified atom stereocenters. The molecule has 3 aliphatic carbocycles. The highest BCUT2D eigenvalue weighted by Crippen LogP contribution is 2.59. The largest absolute Gasteiger partial charge is 0.388 e. The van der Waals surface area contributed by atoms with Crippen molar-refractivity contribution in [1.29, 1.82) is 0 Å². The van der Waals surface area contributed by atoms with E-state index in [2.05, 4.69) is 44.4 Å². The van der Waals surface area contributed by atoms with Crippen LogP contribution in [-0.2, 0) is 0 Å². The molecule has 5 atom stereocenters. The van der Waals surface area contributed by atoms with Gasteiger partial charge in [-0.05, 0) is 99.5 Å². The van der Waals surface area contributed by atoms with Crippen LogP contribution >= 0.6 is 0 Å². The molecule has 0 radical (unpaired) electrons. The molecule has 29 heavy (non-hydrogen) atoms. The van der Waals surface area contributed by atoms with E-state index in [9.17, 15) is 10.2 Å². The van der Waals surface area contributed by atoms with E-state index in [1.54, 1.807) is 19.4 Å². The summed E-state index contributed by atoms with van der Waals surface area (Å²) in [6.45, 7) is 12.5. The molecule has 0 amide bonds. The molecule has 0 aromatic heterocycles. The zero-order valence-corrected chi connectivity index (χ0v) is 18.9. The second-order valence-corrected chi connectivity index (χ2v) is 10.5. The number of rotatable bonds is 3. The van der Waals surface area contributed by atoms with Crippen LogP contribution in [0.5, 0.6) is 0 Å². The highest BCUT2D eigenvalue weighted by molar-refractivity contribution is 5.37. The van der Waals surface area contributed by atoms with Gasteiger partial charge in [-0.2, -0.15) is 0 Å². The first-order valence-electron chi connectivity index (χ1n) is 11.6. The fourth-order valence-electron chi connectivity index (χ4n) is 6.22. The van der Waals surface area contributed by atoms with Crippen molar-refractivity contribution in [3.05, 3.63) is 35.5 Å². The molecule has 0 heterocycles. The first-order valence-corrected chi connectivity index (χ1v) is 11.6. The van der Waals surface area contributed by atoms with Crippen molar-refractivity contribution < 1.29 is 10.2 Å². The highest BCUT2D eigenvalue weighted by atomic mass is 16.3. The molecule has 3 aliphatic rings. The smallest absolute Gasteiger partial charge is 0.119 e. The maximum atomic E-state index is 10.1. The summed E-state index contributed by atoms with van der Waals surface area (Å²) in [5.41, 5.74) is 3.24. The van der Waals surface area contributed by atoms with Gasteiger partial charge < -0.3 is 10.2 Å². The van der Waals surface area contributed by atoms with Crippen molar-refractivity contribution in [3.63, 3.8) is 0 Å². The molecule has 3 rings (SSSR count). The van der Waals surface area contributed by atoms with Crippen molar-refractivity contribution in [2.24, 2.45) is 23.2 Å². The minimum absolute atomic E-state index is 0.355. The van der Waals surface area contributed by atoms with Gasteiger partial charge in [0.25, 0.3) is 0 Å². The Morgan fingerprint density at radius 2 is 1.97 bits per heavy atom. The standard InChI is InChI=1S/C27H40O2/c1-19(9-7-17-26(3,4)29)23-15-16-24-22(11-8-18-27(23,24)5)14-13-21-10-6-12-25(28)20(21)2/h13-14,19,23-25,28-29H,2,6,8-12,15-16,18H2,1,3-5H3/b21-13-,22-14+/t19-,23?,24?,25?,27?/m1/s1. The number of aliphatic hydroxyl groups excluding tert-OH is 1. The minimum atomic E-state index is -0.896. The Kier molecular flexibility index (Phi) is 6.81. The molecule has 2 nitrogen and oxygen atoms in total. The summed E-state index contributed by atoms with van der Waals surface area (Å²) in [5, 5.41) is 20.0. The Hall–Kier alpha value is -1.30. The highest BCUT2D eigenvalue weighted by Gasteiger charge is 2.50. The van der Waals surface area contributed by atoms with Crippen LogP contribution in [0.25, 0.3) is 0 Å². The summed E-state index contributed by atoms with van der Waals surface area (Å²) < 4.78 is 0. The molecule has 0 aliphatic heterocycles. The quantitative estimate of drug-likeness (QED) is 0.578. The van der Waals surface area contributed by atoms with Gasteiger partial charge in [0.15, 0.2) is 0 Å². The lowest BCUT2D eigenvalue weighted by Gasteiger charge is -2.44. The van der Waals surface area contributed by atoms with Gasteiger partial charge in [-0.3, -0.25) is 0 Å². The summed E-state index contributed by atoms with van der Waals surface area (Å²) in [7, 11) is 0. The monoisotopic (exact) mass is 396 g/mol. The molecule has 0 aromatic rings. The number of hydrogen-bond donors (Lipinski definition) is 2. The second-order valence-electron chi connectivity index (χ2n) is 10.5. The molecule has 160 valence electrons. The van der Waals surface area contributed by atoms with Crippen LogP contribution in [0.1, 0.15) is 85.5 Å². The van der Waals surface area contributed by atoms with Gasteiger partial charge in [0.1, 0.15) is 5.60 Å². The molecule has 0 saturated heterocycles. The van der Waals surface area contributed by atoms with Gasteiger partial charge >= 0.3 is 0 Å². The molecule has 2 heteroatoms. The third kappa shape index (κ3) is 5.07. The average molecular weight is 397 g/mol. The first-order chi connectivity index (χ1) is 13.6. The number of fused-ring (bicyclic) bond motifs is 1. The van der Waals surface area contributed by atoms with E-state index in [4.69, 9.17) is 0 Å². The Morgan fingerprint density at radius 1 is 1.21 bits per heavy atom. The Balaban J connectivity index is 1.74. The van der Waals surface area contributed by atoms with E-state index in [0.29, 0.717) is 23.2 Å². The summed E-state index contributed by atoms with van der Waals surface area (Å²) >= 11 is 0. The fourth-order valence-corrected chi connectivity index (χ4v) is 6.22. The van der Waals surface area contributed by atoms with Crippen molar-refractivity contribution in [3.8, 4) is 11.8 Å². The van der Waals surface area contributed by atoms with Crippen LogP contribution in [0.15, 0.2) is 35.5 Å². The maximum absolute atomic E-state index is 10.1. The van der Waals surface area contributed by atoms with E-state index >= 15 is 0 Å². The van der Waals surface area contributed by atoms with Crippen molar-refractivity contribution in [2.75, 3.05) is 0 Å². The molecule has 3 fully saturated rings. The lowest BCUT2D eigenvalue weighted by atomic mass is 9.61. The van der Waals surface area contributed by atoms with Crippen LogP contribution in [0.3, 0.4) is 0 Å². The molecule has 0 spiro atoms. The van der Waals surface area contributed by atoms with Gasteiger partial charge in [0.2, 0.25) is 0 Å². The van der Waals surface area contributed by atoms with Crippen LogP contribution in [-0.4, -0.2) is 21.9 Å². The molecular weight excluding hydrogens is 356 g/mol. The lowest BCUT2D eigenvalue weighted by molar-refractivity contribution is 0.0990. The van der Waals surface area contributed by atoms with Crippen molar-refractivity contribution >= 4 is 0 Å².